The minimum absolute atomic E-state index is 0.0826. The van der Waals surface area contributed by atoms with E-state index in [9.17, 15) is 0 Å². The third-order valence-corrected chi connectivity index (χ3v) is 3.69. The van der Waals surface area contributed by atoms with Gasteiger partial charge in [0, 0.05) is 15.5 Å². The van der Waals surface area contributed by atoms with Crippen LogP contribution in [-0.4, -0.2) is 6.04 Å². The van der Waals surface area contributed by atoms with E-state index in [4.69, 9.17) is 17.3 Å². The van der Waals surface area contributed by atoms with Crippen molar-refractivity contribution in [1.82, 2.24) is 0 Å². The fraction of sp³-hybridized carbons (Fsp3) is 0.200. The van der Waals surface area contributed by atoms with Gasteiger partial charge in [-0.1, -0.05) is 57.9 Å². The summed E-state index contributed by atoms with van der Waals surface area (Å²) in [7, 11) is 0. The number of nitrogens with two attached hydrogens (primary N) is 1. The van der Waals surface area contributed by atoms with Gasteiger partial charge < -0.3 is 5.73 Å². The predicted molar refractivity (Wildman–Crippen MR) is 81.0 cm³/mol. The Balaban J connectivity index is 2.01. The molecule has 0 aromatic heterocycles. The topological polar surface area (TPSA) is 26.0 Å². The van der Waals surface area contributed by atoms with E-state index in [1.54, 1.807) is 0 Å². The molecule has 0 aliphatic rings. The van der Waals surface area contributed by atoms with Crippen LogP contribution in [0, 0.1) is 0 Å². The van der Waals surface area contributed by atoms with Gasteiger partial charge in [0.25, 0.3) is 0 Å². The molecule has 0 heterocycles. The van der Waals surface area contributed by atoms with Gasteiger partial charge in [0.15, 0.2) is 0 Å². The van der Waals surface area contributed by atoms with Crippen LogP contribution >= 0.6 is 27.5 Å². The smallest absolute Gasteiger partial charge is 0.0438 e. The van der Waals surface area contributed by atoms with Crippen LogP contribution in [0.15, 0.2) is 53.0 Å². The van der Waals surface area contributed by atoms with Gasteiger partial charge >= 0.3 is 0 Å². The fourth-order valence-corrected chi connectivity index (χ4v) is 2.64. The van der Waals surface area contributed by atoms with E-state index in [0.29, 0.717) is 0 Å². The molecule has 1 atom stereocenters. The molecule has 2 aromatic rings. The normalized spacial score (nSPS) is 12.4. The average Bonchev–Trinajstić information content (AvgIpc) is 2.32. The molecule has 94 valence electrons. The highest BCUT2D eigenvalue weighted by atomic mass is 79.9. The summed E-state index contributed by atoms with van der Waals surface area (Å²) >= 11 is 9.60. The largest absolute Gasteiger partial charge is 0.327 e. The van der Waals surface area contributed by atoms with Crippen LogP contribution in [0.5, 0.6) is 0 Å². The molecular weight excluding hydrogens is 310 g/mol. The quantitative estimate of drug-likeness (QED) is 0.895. The molecule has 1 nitrogen and oxygen atoms in total. The fourth-order valence-electron chi connectivity index (χ4n) is 1.99. The lowest BCUT2D eigenvalue weighted by Gasteiger charge is -2.13. The third kappa shape index (κ3) is 3.84. The first-order valence-electron chi connectivity index (χ1n) is 5.88. The molecule has 0 aliphatic heterocycles. The Morgan fingerprint density at radius 1 is 1.06 bits per heavy atom. The van der Waals surface area contributed by atoms with Crippen LogP contribution < -0.4 is 5.73 Å². The van der Waals surface area contributed by atoms with E-state index in [0.717, 1.165) is 27.9 Å². The zero-order chi connectivity index (χ0) is 13.0. The maximum atomic E-state index is 6.18. The zero-order valence-electron chi connectivity index (χ0n) is 9.94. The van der Waals surface area contributed by atoms with Crippen molar-refractivity contribution in [3.8, 4) is 0 Å². The molecule has 2 aromatic carbocycles. The molecule has 0 fully saturated rings. The molecule has 0 aliphatic carbocycles. The van der Waals surface area contributed by atoms with E-state index in [-0.39, 0.29) is 6.04 Å². The maximum absolute atomic E-state index is 6.18. The third-order valence-electron chi connectivity index (χ3n) is 2.83. The first-order valence-corrected chi connectivity index (χ1v) is 7.05. The molecule has 2 N–H and O–H groups in total. The highest BCUT2D eigenvalue weighted by Gasteiger charge is 2.08. The maximum Gasteiger partial charge on any atom is 0.0438 e. The standard InChI is InChI=1S/C15H15BrClN/c16-13-6-3-4-11(8-13)9-14(18)10-12-5-1-2-7-15(12)17/h1-8,14H,9-10,18H2. The van der Waals surface area contributed by atoms with Gasteiger partial charge in [0.2, 0.25) is 0 Å². The van der Waals surface area contributed by atoms with Gasteiger partial charge in [0.05, 0.1) is 0 Å². The minimum Gasteiger partial charge on any atom is -0.327 e. The Bertz CT molecular complexity index is 527. The lowest BCUT2D eigenvalue weighted by Crippen LogP contribution is -2.25. The number of benzene rings is 2. The van der Waals surface area contributed by atoms with E-state index < -0.39 is 0 Å². The van der Waals surface area contributed by atoms with Gasteiger partial charge in [-0.3, -0.25) is 0 Å². The van der Waals surface area contributed by atoms with Crippen LogP contribution in [0.25, 0.3) is 0 Å². The molecule has 1 unspecified atom stereocenters. The highest BCUT2D eigenvalue weighted by molar-refractivity contribution is 9.10. The Labute approximate surface area is 121 Å². The summed E-state index contributed by atoms with van der Waals surface area (Å²) in [5.41, 5.74) is 8.54. The van der Waals surface area contributed by atoms with Crippen LogP contribution in [-0.2, 0) is 12.8 Å². The van der Waals surface area contributed by atoms with Crippen molar-refractivity contribution in [1.29, 1.82) is 0 Å². The van der Waals surface area contributed by atoms with Crippen LogP contribution in [0.2, 0.25) is 5.02 Å². The summed E-state index contributed by atoms with van der Waals surface area (Å²) in [6, 6.07) is 16.2. The summed E-state index contributed by atoms with van der Waals surface area (Å²) in [6.07, 6.45) is 1.65. The number of halogens is 2. The van der Waals surface area contributed by atoms with Crippen molar-refractivity contribution in [3.05, 3.63) is 69.2 Å². The first kappa shape index (κ1) is 13.6. The Morgan fingerprint density at radius 2 is 1.83 bits per heavy atom. The van der Waals surface area contributed by atoms with Crippen molar-refractivity contribution >= 4 is 27.5 Å². The highest BCUT2D eigenvalue weighted by Crippen LogP contribution is 2.18. The molecule has 0 spiro atoms. The Kier molecular flexibility index (Phi) is 4.81. The lowest BCUT2D eigenvalue weighted by molar-refractivity contribution is 0.665. The molecule has 0 saturated heterocycles. The van der Waals surface area contributed by atoms with Crippen molar-refractivity contribution in [2.45, 2.75) is 18.9 Å². The van der Waals surface area contributed by atoms with Gasteiger partial charge in [-0.2, -0.15) is 0 Å². The zero-order valence-corrected chi connectivity index (χ0v) is 12.3. The first-order chi connectivity index (χ1) is 8.65. The molecule has 0 amide bonds. The van der Waals surface area contributed by atoms with Crippen LogP contribution in [0.4, 0.5) is 0 Å². The van der Waals surface area contributed by atoms with E-state index in [1.807, 2.05) is 36.4 Å². The van der Waals surface area contributed by atoms with Gasteiger partial charge in [-0.25, -0.2) is 0 Å². The number of hydrogen-bond donors (Lipinski definition) is 1. The summed E-state index contributed by atoms with van der Waals surface area (Å²) in [5.74, 6) is 0. The van der Waals surface area contributed by atoms with Crippen LogP contribution in [0.3, 0.4) is 0 Å². The molecule has 0 saturated carbocycles. The number of hydrogen-bond acceptors (Lipinski definition) is 1. The molecular formula is C15H15BrClN. The van der Waals surface area contributed by atoms with Crippen molar-refractivity contribution < 1.29 is 0 Å². The second kappa shape index (κ2) is 6.37. The summed E-state index contributed by atoms with van der Waals surface area (Å²) in [6.45, 7) is 0. The summed E-state index contributed by atoms with van der Waals surface area (Å²) in [4.78, 5) is 0. The Hall–Kier alpha value is -0.830. The van der Waals surface area contributed by atoms with Crippen molar-refractivity contribution in [2.24, 2.45) is 5.73 Å². The molecule has 0 radical (unpaired) electrons. The summed E-state index contributed by atoms with van der Waals surface area (Å²) < 4.78 is 1.09. The van der Waals surface area contributed by atoms with Gasteiger partial charge in [0.1, 0.15) is 0 Å². The van der Waals surface area contributed by atoms with Crippen molar-refractivity contribution in [3.63, 3.8) is 0 Å². The number of rotatable bonds is 4. The molecule has 0 bridgehead atoms. The SMILES string of the molecule is NC(Cc1cccc(Br)c1)Cc1ccccc1Cl. The van der Waals surface area contributed by atoms with Gasteiger partial charge in [-0.15, -0.1) is 0 Å². The average molecular weight is 325 g/mol. The predicted octanol–water partition coefficient (Wildman–Crippen LogP) is 4.22. The second-order valence-electron chi connectivity index (χ2n) is 4.39. The summed E-state index contributed by atoms with van der Waals surface area (Å²) in [5, 5.41) is 0.794. The van der Waals surface area contributed by atoms with E-state index in [2.05, 4.69) is 28.1 Å². The van der Waals surface area contributed by atoms with Crippen molar-refractivity contribution in [2.75, 3.05) is 0 Å². The molecule has 18 heavy (non-hydrogen) atoms. The Morgan fingerprint density at radius 3 is 2.56 bits per heavy atom. The molecule has 3 heteroatoms. The van der Waals surface area contributed by atoms with E-state index in [1.165, 1.54) is 5.56 Å². The van der Waals surface area contributed by atoms with Crippen LogP contribution in [0.1, 0.15) is 11.1 Å². The minimum atomic E-state index is 0.0826. The van der Waals surface area contributed by atoms with E-state index >= 15 is 0 Å². The van der Waals surface area contributed by atoms with Gasteiger partial charge in [-0.05, 0) is 42.2 Å². The monoisotopic (exact) mass is 323 g/mol. The lowest BCUT2D eigenvalue weighted by atomic mass is 10.00. The molecule has 2 rings (SSSR count). The second-order valence-corrected chi connectivity index (χ2v) is 5.71.